The van der Waals surface area contributed by atoms with Crippen molar-refractivity contribution in [3.63, 3.8) is 0 Å². The molecule has 0 fully saturated rings. The first kappa shape index (κ1) is 16.9. The number of H-pyrrole nitrogens is 1. The molecule has 1 aliphatic rings. The second-order valence-electron chi connectivity index (χ2n) is 5.94. The zero-order valence-corrected chi connectivity index (χ0v) is 14.7. The number of amides is 1. The Bertz CT molecular complexity index is 970. The monoisotopic (exact) mass is 366 g/mol. The summed E-state index contributed by atoms with van der Waals surface area (Å²) in [7, 11) is 1.59. The molecular weight excluding hydrogens is 348 g/mol. The van der Waals surface area contributed by atoms with E-state index in [0.29, 0.717) is 30.2 Å². The van der Waals surface area contributed by atoms with Gasteiger partial charge in [-0.15, -0.1) is 5.10 Å². The molecule has 0 saturated carbocycles. The number of rotatable bonds is 6. The van der Waals surface area contributed by atoms with Crippen LogP contribution in [0.15, 0.2) is 42.5 Å². The number of nitrogens with zero attached hydrogens (tertiary/aromatic N) is 2. The smallest absolute Gasteiger partial charge is 0.249 e. The summed E-state index contributed by atoms with van der Waals surface area (Å²) in [5.74, 6) is 2.70. The first-order chi connectivity index (χ1) is 13.2. The Hall–Kier alpha value is -3.55. The van der Waals surface area contributed by atoms with Crippen molar-refractivity contribution in [2.45, 2.75) is 12.8 Å². The Labute approximate surface area is 155 Å². The van der Waals surface area contributed by atoms with Crippen LogP contribution in [0.3, 0.4) is 0 Å². The molecule has 4 rings (SSSR count). The van der Waals surface area contributed by atoms with Crippen LogP contribution in [0.25, 0.3) is 11.4 Å². The third-order valence-electron chi connectivity index (χ3n) is 4.18. The van der Waals surface area contributed by atoms with Crippen molar-refractivity contribution in [1.29, 1.82) is 0 Å². The van der Waals surface area contributed by atoms with Crippen molar-refractivity contribution < 1.29 is 19.0 Å². The first-order valence-corrected chi connectivity index (χ1v) is 8.47. The van der Waals surface area contributed by atoms with Gasteiger partial charge >= 0.3 is 0 Å². The van der Waals surface area contributed by atoms with Gasteiger partial charge in [0.1, 0.15) is 5.75 Å². The molecular formula is C19H18N4O4. The highest BCUT2D eigenvalue weighted by atomic mass is 16.7. The van der Waals surface area contributed by atoms with Crippen molar-refractivity contribution in [3.8, 4) is 28.6 Å². The molecule has 1 amide bonds. The van der Waals surface area contributed by atoms with Gasteiger partial charge in [-0.25, -0.2) is 0 Å². The Morgan fingerprint density at radius 3 is 2.96 bits per heavy atom. The average Bonchev–Trinajstić information content (AvgIpc) is 3.35. The summed E-state index contributed by atoms with van der Waals surface area (Å²) in [5, 5.41) is 9.57. The molecule has 8 nitrogen and oxygen atoms in total. The van der Waals surface area contributed by atoms with Crippen LogP contribution in [0, 0.1) is 0 Å². The van der Waals surface area contributed by atoms with E-state index in [4.69, 9.17) is 14.2 Å². The van der Waals surface area contributed by atoms with E-state index in [2.05, 4.69) is 20.5 Å². The van der Waals surface area contributed by atoms with Crippen LogP contribution in [-0.2, 0) is 11.2 Å². The number of methoxy groups -OCH3 is 1. The van der Waals surface area contributed by atoms with Crippen LogP contribution in [0.1, 0.15) is 12.0 Å². The number of carbonyl (C=O) groups is 1. The summed E-state index contributed by atoms with van der Waals surface area (Å²) in [6, 6.07) is 13.1. The van der Waals surface area contributed by atoms with Gasteiger partial charge < -0.3 is 14.2 Å². The SMILES string of the molecule is COc1ccccc1-c1nc(NC(=O)CCc2ccc3c(c2)OCO3)n[nH]1. The zero-order valence-electron chi connectivity index (χ0n) is 14.7. The Kier molecular flexibility index (Phi) is 4.61. The van der Waals surface area contributed by atoms with E-state index in [1.165, 1.54) is 0 Å². The molecule has 27 heavy (non-hydrogen) atoms. The lowest BCUT2D eigenvalue weighted by atomic mass is 10.1. The Morgan fingerprint density at radius 2 is 2.07 bits per heavy atom. The maximum Gasteiger partial charge on any atom is 0.249 e. The fourth-order valence-corrected chi connectivity index (χ4v) is 2.82. The minimum absolute atomic E-state index is 0.168. The highest BCUT2D eigenvalue weighted by Crippen LogP contribution is 2.32. The molecule has 0 aliphatic carbocycles. The topological polar surface area (TPSA) is 98.4 Å². The molecule has 8 heteroatoms. The van der Waals surface area contributed by atoms with Gasteiger partial charge in [0.25, 0.3) is 0 Å². The van der Waals surface area contributed by atoms with Gasteiger partial charge in [0.15, 0.2) is 17.3 Å². The molecule has 0 unspecified atom stereocenters. The predicted molar refractivity (Wildman–Crippen MR) is 97.9 cm³/mol. The van der Waals surface area contributed by atoms with Gasteiger partial charge in [-0.2, -0.15) is 4.98 Å². The van der Waals surface area contributed by atoms with Gasteiger partial charge in [0, 0.05) is 6.42 Å². The highest BCUT2D eigenvalue weighted by Gasteiger charge is 2.15. The number of para-hydroxylation sites is 1. The Morgan fingerprint density at radius 1 is 1.22 bits per heavy atom. The molecule has 0 bridgehead atoms. The normalized spacial score (nSPS) is 12.0. The van der Waals surface area contributed by atoms with Crippen LogP contribution in [0.4, 0.5) is 5.95 Å². The number of hydrogen-bond acceptors (Lipinski definition) is 6. The maximum atomic E-state index is 12.2. The fourth-order valence-electron chi connectivity index (χ4n) is 2.82. The van der Waals surface area contributed by atoms with E-state index >= 15 is 0 Å². The lowest BCUT2D eigenvalue weighted by molar-refractivity contribution is -0.116. The lowest BCUT2D eigenvalue weighted by Crippen LogP contribution is -2.13. The van der Waals surface area contributed by atoms with Crippen molar-refractivity contribution in [3.05, 3.63) is 48.0 Å². The summed E-state index contributed by atoms with van der Waals surface area (Å²) in [6.07, 6.45) is 0.879. The summed E-state index contributed by atoms with van der Waals surface area (Å²) < 4.78 is 15.9. The number of aromatic amines is 1. The highest BCUT2D eigenvalue weighted by molar-refractivity contribution is 5.89. The van der Waals surface area contributed by atoms with Gasteiger partial charge in [-0.05, 0) is 36.2 Å². The van der Waals surface area contributed by atoms with Crippen LogP contribution in [0.2, 0.25) is 0 Å². The lowest BCUT2D eigenvalue weighted by Gasteiger charge is -2.04. The van der Waals surface area contributed by atoms with Crippen LogP contribution >= 0.6 is 0 Å². The second kappa shape index (κ2) is 7.36. The molecule has 1 aromatic heterocycles. The molecule has 0 saturated heterocycles. The van der Waals surface area contributed by atoms with Crippen molar-refractivity contribution in [2.24, 2.45) is 0 Å². The van der Waals surface area contributed by atoms with Crippen LogP contribution in [-0.4, -0.2) is 35.0 Å². The number of nitrogens with one attached hydrogen (secondary N) is 2. The Balaban J connectivity index is 1.37. The molecule has 1 aliphatic heterocycles. The molecule has 2 heterocycles. The van der Waals surface area contributed by atoms with E-state index in [0.717, 1.165) is 16.9 Å². The number of benzene rings is 2. The number of anilines is 1. The molecule has 0 radical (unpaired) electrons. The molecule has 138 valence electrons. The van der Waals surface area contributed by atoms with Gasteiger partial charge in [0.2, 0.25) is 18.6 Å². The molecule has 3 aromatic rings. The summed E-state index contributed by atoms with van der Waals surface area (Å²) >= 11 is 0. The molecule has 0 spiro atoms. The van der Waals surface area contributed by atoms with Crippen LogP contribution < -0.4 is 19.5 Å². The zero-order chi connectivity index (χ0) is 18.6. The van der Waals surface area contributed by atoms with Gasteiger partial charge in [-0.3, -0.25) is 15.2 Å². The first-order valence-electron chi connectivity index (χ1n) is 8.47. The number of carbonyl (C=O) groups excluding carboxylic acids is 1. The molecule has 2 aromatic carbocycles. The van der Waals surface area contributed by atoms with E-state index < -0.39 is 0 Å². The number of fused-ring (bicyclic) bond motifs is 1. The van der Waals surface area contributed by atoms with Crippen molar-refractivity contribution in [1.82, 2.24) is 15.2 Å². The number of aromatic nitrogens is 3. The number of ether oxygens (including phenoxy) is 3. The second-order valence-corrected chi connectivity index (χ2v) is 5.94. The van der Waals surface area contributed by atoms with Gasteiger partial charge in [0.05, 0.1) is 12.7 Å². The largest absolute Gasteiger partial charge is 0.496 e. The third-order valence-corrected chi connectivity index (χ3v) is 4.18. The minimum Gasteiger partial charge on any atom is -0.496 e. The molecule has 2 N–H and O–H groups in total. The van der Waals surface area contributed by atoms with Crippen molar-refractivity contribution in [2.75, 3.05) is 19.2 Å². The maximum absolute atomic E-state index is 12.2. The molecule has 0 atom stereocenters. The summed E-state index contributed by atoms with van der Waals surface area (Å²) in [4.78, 5) is 16.5. The average molecular weight is 366 g/mol. The standard InChI is InChI=1S/C19H18N4O4/c1-25-14-5-3-2-4-13(14)18-21-19(23-22-18)20-17(24)9-7-12-6-8-15-16(10-12)27-11-26-15/h2-6,8,10H,7,9,11H2,1H3,(H2,20,21,22,23,24). The quantitative estimate of drug-likeness (QED) is 0.696. The number of hydrogen-bond donors (Lipinski definition) is 2. The van der Waals surface area contributed by atoms with E-state index in [9.17, 15) is 4.79 Å². The fraction of sp³-hybridized carbons (Fsp3) is 0.211. The van der Waals surface area contributed by atoms with E-state index in [-0.39, 0.29) is 18.6 Å². The summed E-state index contributed by atoms with van der Waals surface area (Å²) in [6.45, 7) is 0.235. The summed E-state index contributed by atoms with van der Waals surface area (Å²) in [5.41, 5.74) is 1.77. The van der Waals surface area contributed by atoms with Crippen molar-refractivity contribution >= 4 is 11.9 Å². The third kappa shape index (κ3) is 3.69. The van der Waals surface area contributed by atoms with Gasteiger partial charge in [-0.1, -0.05) is 18.2 Å². The minimum atomic E-state index is -0.168. The van der Waals surface area contributed by atoms with Crippen LogP contribution in [0.5, 0.6) is 17.2 Å². The van der Waals surface area contributed by atoms with E-state index in [1.54, 1.807) is 7.11 Å². The number of aryl methyl sites for hydroxylation is 1. The van der Waals surface area contributed by atoms with E-state index in [1.807, 2.05) is 42.5 Å². The predicted octanol–water partition coefficient (Wildman–Crippen LogP) is 2.78.